The molecule has 112 valence electrons. The lowest BCUT2D eigenvalue weighted by atomic mass is 9.94. The first kappa shape index (κ1) is 15.6. The normalized spacial score (nSPS) is 19.4. The summed E-state index contributed by atoms with van der Waals surface area (Å²) in [6.45, 7) is 5.50. The largest absolute Gasteiger partial charge is 0.508 e. The van der Waals surface area contributed by atoms with Crippen molar-refractivity contribution >= 4 is 11.6 Å². The second-order valence-corrected chi connectivity index (χ2v) is 6.56. The van der Waals surface area contributed by atoms with Crippen molar-refractivity contribution in [2.45, 2.75) is 25.8 Å². The molecule has 1 unspecified atom stereocenters. The Morgan fingerprint density at radius 2 is 2.00 bits per heavy atom. The van der Waals surface area contributed by atoms with Gasteiger partial charge in [-0.2, -0.15) is 0 Å². The van der Waals surface area contributed by atoms with Gasteiger partial charge < -0.3 is 10.0 Å². The number of aromatic hydroxyl groups is 1. The monoisotopic (exact) mass is 296 g/mol. The van der Waals surface area contributed by atoms with Crippen molar-refractivity contribution in [3.63, 3.8) is 0 Å². The Kier molecular flexibility index (Phi) is 5.30. The van der Waals surface area contributed by atoms with Gasteiger partial charge in [0, 0.05) is 23.2 Å². The van der Waals surface area contributed by atoms with Crippen LogP contribution in [0.15, 0.2) is 18.2 Å². The van der Waals surface area contributed by atoms with E-state index in [1.54, 1.807) is 12.1 Å². The summed E-state index contributed by atoms with van der Waals surface area (Å²) in [5.41, 5.74) is 0.934. The molecule has 0 saturated carbocycles. The average molecular weight is 297 g/mol. The minimum Gasteiger partial charge on any atom is -0.508 e. The van der Waals surface area contributed by atoms with Crippen molar-refractivity contribution in [1.29, 1.82) is 0 Å². The molecule has 0 amide bonds. The molecular weight excluding hydrogens is 272 g/mol. The lowest BCUT2D eigenvalue weighted by molar-refractivity contribution is 0.126. The molecular formula is C16H25ClN2O. The van der Waals surface area contributed by atoms with E-state index >= 15 is 0 Å². The van der Waals surface area contributed by atoms with Gasteiger partial charge in [0.1, 0.15) is 5.75 Å². The lowest BCUT2D eigenvalue weighted by Crippen LogP contribution is -2.38. The molecule has 1 aliphatic heterocycles. The highest BCUT2D eigenvalue weighted by molar-refractivity contribution is 6.30. The zero-order valence-corrected chi connectivity index (χ0v) is 13.4. The molecule has 1 aromatic carbocycles. The van der Waals surface area contributed by atoms with E-state index in [4.69, 9.17) is 11.6 Å². The molecule has 1 saturated heterocycles. The number of phenols is 1. The lowest BCUT2D eigenvalue weighted by Gasteiger charge is -2.37. The number of hydrogen-bond acceptors (Lipinski definition) is 3. The van der Waals surface area contributed by atoms with Crippen LogP contribution >= 0.6 is 11.6 Å². The number of nitrogens with zero attached hydrogens (tertiary/aromatic N) is 2. The molecule has 1 N–H and O–H groups in total. The van der Waals surface area contributed by atoms with Crippen molar-refractivity contribution in [1.82, 2.24) is 9.80 Å². The predicted octanol–water partition coefficient (Wildman–Crippen LogP) is 3.38. The molecule has 2 rings (SSSR count). The predicted molar refractivity (Wildman–Crippen MR) is 84.4 cm³/mol. The Morgan fingerprint density at radius 1 is 1.35 bits per heavy atom. The van der Waals surface area contributed by atoms with Crippen molar-refractivity contribution in [3.8, 4) is 5.75 Å². The fraction of sp³-hybridized carbons (Fsp3) is 0.625. The van der Waals surface area contributed by atoms with Gasteiger partial charge in [-0.3, -0.25) is 4.90 Å². The first-order valence-electron chi connectivity index (χ1n) is 7.34. The van der Waals surface area contributed by atoms with E-state index in [0.29, 0.717) is 10.8 Å². The van der Waals surface area contributed by atoms with E-state index in [1.807, 2.05) is 6.07 Å². The van der Waals surface area contributed by atoms with Gasteiger partial charge in [0.2, 0.25) is 0 Å². The third-order valence-electron chi connectivity index (χ3n) is 4.26. The van der Waals surface area contributed by atoms with Crippen molar-refractivity contribution in [3.05, 3.63) is 28.8 Å². The minimum absolute atomic E-state index is 0.217. The molecule has 0 aromatic heterocycles. The summed E-state index contributed by atoms with van der Waals surface area (Å²) in [4.78, 5) is 4.71. The van der Waals surface area contributed by atoms with Crippen LogP contribution in [0.2, 0.25) is 5.02 Å². The number of phenolic OH excluding ortho intramolecular Hbond substituents is 1. The summed E-state index contributed by atoms with van der Waals surface area (Å²) < 4.78 is 0. The smallest absolute Gasteiger partial charge is 0.120 e. The summed E-state index contributed by atoms with van der Waals surface area (Å²) in [6.07, 6.45) is 2.45. The van der Waals surface area contributed by atoms with E-state index in [2.05, 4.69) is 30.8 Å². The molecule has 0 bridgehead atoms. The Bertz CT molecular complexity index is 442. The molecule has 0 radical (unpaired) electrons. The zero-order valence-electron chi connectivity index (χ0n) is 12.6. The fourth-order valence-corrected chi connectivity index (χ4v) is 3.28. The van der Waals surface area contributed by atoms with E-state index in [1.165, 1.54) is 19.4 Å². The number of halogens is 1. The van der Waals surface area contributed by atoms with Crippen LogP contribution in [0.3, 0.4) is 0 Å². The molecule has 1 fully saturated rings. The first-order chi connectivity index (χ1) is 9.47. The van der Waals surface area contributed by atoms with Crippen LogP contribution in [0.25, 0.3) is 0 Å². The highest BCUT2D eigenvalue weighted by atomic mass is 35.5. The zero-order chi connectivity index (χ0) is 14.7. The second-order valence-electron chi connectivity index (χ2n) is 6.12. The van der Waals surface area contributed by atoms with Crippen LogP contribution < -0.4 is 0 Å². The molecule has 1 aromatic rings. The summed E-state index contributed by atoms with van der Waals surface area (Å²) >= 11 is 6.05. The maximum Gasteiger partial charge on any atom is 0.120 e. The third-order valence-corrected chi connectivity index (χ3v) is 4.49. The van der Waals surface area contributed by atoms with Gasteiger partial charge in [0.05, 0.1) is 0 Å². The van der Waals surface area contributed by atoms with Crippen LogP contribution in [-0.2, 0) is 0 Å². The Balaban J connectivity index is 1.98. The molecule has 0 aliphatic carbocycles. The van der Waals surface area contributed by atoms with E-state index < -0.39 is 0 Å². The van der Waals surface area contributed by atoms with Gasteiger partial charge in [0.25, 0.3) is 0 Å². The van der Waals surface area contributed by atoms with Crippen LogP contribution in [-0.4, -0.2) is 48.6 Å². The SMILES string of the molecule is CC(c1cc(Cl)ccc1O)N1CCC(CN(C)C)CC1. The molecule has 3 nitrogen and oxygen atoms in total. The molecule has 1 heterocycles. The molecule has 4 heteroatoms. The summed E-state index contributed by atoms with van der Waals surface area (Å²) in [6, 6.07) is 5.52. The van der Waals surface area contributed by atoms with E-state index in [9.17, 15) is 5.11 Å². The number of piperidine rings is 1. The van der Waals surface area contributed by atoms with Crippen LogP contribution in [0, 0.1) is 5.92 Å². The Labute approximate surface area is 127 Å². The number of rotatable bonds is 4. The quantitative estimate of drug-likeness (QED) is 0.923. The summed E-state index contributed by atoms with van der Waals surface area (Å²) in [5, 5.41) is 10.7. The summed E-state index contributed by atoms with van der Waals surface area (Å²) in [7, 11) is 4.28. The van der Waals surface area contributed by atoms with Crippen LogP contribution in [0.4, 0.5) is 0 Å². The number of hydrogen-bond donors (Lipinski definition) is 1. The van der Waals surface area contributed by atoms with Gasteiger partial charge >= 0.3 is 0 Å². The highest BCUT2D eigenvalue weighted by Crippen LogP contribution is 2.33. The Hall–Kier alpha value is -0.770. The van der Waals surface area contributed by atoms with Crippen molar-refractivity contribution in [2.75, 3.05) is 33.7 Å². The first-order valence-corrected chi connectivity index (χ1v) is 7.72. The number of benzene rings is 1. The summed E-state index contributed by atoms with van der Waals surface area (Å²) in [5.74, 6) is 1.14. The minimum atomic E-state index is 0.217. The molecule has 1 aliphatic rings. The molecule has 1 atom stereocenters. The topological polar surface area (TPSA) is 26.7 Å². The van der Waals surface area contributed by atoms with Crippen molar-refractivity contribution < 1.29 is 5.11 Å². The second kappa shape index (κ2) is 6.79. The fourth-order valence-electron chi connectivity index (χ4n) is 3.10. The van der Waals surface area contributed by atoms with Gasteiger partial charge in [-0.15, -0.1) is 0 Å². The molecule has 20 heavy (non-hydrogen) atoms. The van der Waals surface area contributed by atoms with E-state index in [0.717, 1.165) is 24.6 Å². The van der Waals surface area contributed by atoms with E-state index in [-0.39, 0.29) is 6.04 Å². The van der Waals surface area contributed by atoms with Crippen molar-refractivity contribution in [2.24, 2.45) is 5.92 Å². The van der Waals surface area contributed by atoms with Crippen LogP contribution in [0.1, 0.15) is 31.4 Å². The van der Waals surface area contributed by atoms with Gasteiger partial charge in [-0.05, 0) is 71.1 Å². The van der Waals surface area contributed by atoms with Gasteiger partial charge in [-0.25, -0.2) is 0 Å². The number of likely N-dealkylation sites (tertiary alicyclic amines) is 1. The van der Waals surface area contributed by atoms with Crippen LogP contribution in [0.5, 0.6) is 5.75 Å². The average Bonchev–Trinajstić information content (AvgIpc) is 2.41. The van der Waals surface area contributed by atoms with Gasteiger partial charge in [-0.1, -0.05) is 11.6 Å². The maximum atomic E-state index is 10.0. The maximum absolute atomic E-state index is 10.0. The standard InChI is InChI=1S/C16H25ClN2O/c1-12(15-10-14(17)4-5-16(15)20)19-8-6-13(7-9-19)11-18(2)3/h4-5,10,12-13,20H,6-9,11H2,1-3H3. The van der Waals surface area contributed by atoms with Gasteiger partial charge in [0.15, 0.2) is 0 Å². The Morgan fingerprint density at radius 3 is 2.60 bits per heavy atom. The molecule has 0 spiro atoms. The third kappa shape index (κ3) is 3.87. The highest BCUT2D eigenvalue weighted by Gasteiger charge is 2.25.